The molecule has 0 radical (unpaired) electrons. The van der Waals surface area contributed by atoms with Crippen LogP contribution >= 0.6 is 0 Å². The average molecular weight is 277 g/mol. The van der Waals surface area contributed by atoms with Gasteiger partial charge >= 0.3 is 11.9 Å². The molecule has 0 fully saturated rings. The lowest BCUT2D eigenvalue weighted by Crippen LogP contribution is -2.42. The molecule has 0 unspecified atom stereocenters. The molecule has 0 aliphatic rings. The van der Waals surface area contributed by atoms with E-state index in [-0.39, 0.29) is 12.4 Å². The number of rotatable bonds is 5. The van der Waals surface area contributed by atoms with Crippen molar-refractivity contribution in [3.63, 3.8) is 0 Å². The summed E-state index contributed by atoms with van der Waals surface area (Å²) in [6.07, 6.45) is 0. The van der Waals surface area contributed by atoms with Gasteiger partial charge in [0, 0.05) is 11.6 Å². The molecule has 0 aliphatic heterocycles. The number of hydrogen-bond donors (Lipinski definition) is 1. The number of nitrogens with two attached hydrogens (primary N) is 1. The highest BCUT2D eigenvalue weighted by molar-refractivity contribution is 5.78. The van der Waals surface area contributed by atoms with Gasteiger partial charge < -0.3 is 15.2 Å². The molecule has 0 heterocycles. The number of carbonyl (C=O) groups is 1. The van der Waals surface area contributed by atoms with Gasteiger partial charge in [0.25, 0.3) is 0 Å². The maximum Gasteiger partial charge on any atom is 0.379 e. The second kappa shape index (κ2) is 5.92. The Hall–Kier alpha value is -1.76. The monoisotopic (exact) mass is 277 g/mol. The van der Waals surface area contributed by atoms with Crippen molar-refractivity contribution in [2.24, 2.45) is 5.73 Å². The zero-order chi connectivity index (χ0) is 14.6. The maximum absolute atomic E-state index is 13.6. The Bertz CT molecular complexity index is 466. The number of carbonyl (C=O) groups excluding carboxylic acids is 1. The van der Waals surface area contributed by atoms with Crippen molar-refractivity contribution in [3.05, 3.63) is 29.6 Å². The van der Waals surface area contributed by atoms with E-state index in [1.165, 1.54) is 20.1 Å². The molecule has 1 aromatic carbocycles. The van der Waals surface area contributed by atoms with E-state index >= 15 is 0 Å². The molecular formula is C12H14F3NO3. The molecule has 1 aromatic rings. The fourth-order valence-electron chi connectivity index (χ4n) is 1.44. The smallest absolute Gasteiger partial charge is 0.379 e. The third-order valence-electron chi connectivity index (χ3n) is 2.48. The average Bonchev–Trinajstić information content (AvgIpc) is 2.37. The molecule has 1 rings (SSSR count). The summed E-state index contributed by atoms with van der Waals surface area (Å²) in [4.78, 5) is 11.1. The van der Waals surface area contributed by atoms with Crippen LogP contribution in [0.1, 0.15) is 18.5 Å². The quantitative estimate of drug-likeness (QED) is 0.836. The third-order valence-corrected chi connectivity index (χ3v) is 2.48. The number of halogens is 3. The Morgan fingerprint density at radius 3 is 2.58 bits per heavy atom. The molecule has 0 bridgehead atoms. The normalized spacial score (nSPS) is 12.9. The van der Waals surface area contributed by atoms with Crippen LogP contribution in [0.15, 0.2) is 18.2 Å². The van der Waals surface area contributed by atoms with Gasteiger partial charge in [0.15, 0.2) is 0 Å². The number of alkyl halides is 2. The largest absolute Gasteiger partial charge is 0.497 e. The molecule has 0 aliphatic carbocycles. The van der Waals surface area contributed by atoms with Crippen molar-refractivity contribution < 1.29 is 27.4 Å². The summed E-state index contributed by atoms with van der Waals surface area (Å²) < 4.78 is 49.9. The van der Waals surface area contributed by atoms with Gasteiger partial charge in [-0.05, 0) is 13.0 Å². The minimum atomic E-state index is -4.01. The lowest BCUT2D eigenvalue weighted by atomic mass is 10.0. The van der Waals surface area contributed by atoms with Crippen LogP contribution in [0.3, 0.4) is 0 Å². The third kappa shape index (κ3) is 3.17. The van der Waals surface area contributed by atoms with Gasteiger partial charge in [-0.25, -0.2) is 9.18 Å². The van der Waals surface area contributed by atoms with E-state index in [2.05, 4.69) is 4.74 Å². The molecule has 4 nitrogen and oxygen atoms in total. The summed E-state index contributed by atoms with van der Waals surface area (Å²) in [5, 5.41) is 0. The van der Waals surface area contributed by atoms with Gasteiger partial charge in [-0.2, -0.15) is 8.78 Å². The summed E-state index contributed by atoms with van der Waals surface area (Å²) in [6.45, 7) is 1.17. The summed E-state index contributed by atoms with van der Waals surface area (Å²) in [5.74, 6) is -6.60. The van der Waals surface area contributed by atoms with Crippen molar-refractivity contribution in [1.29, 1.82) is 0 Å². The zero-order valence-electron chi connectivity index (χ0n) is 10.5. The highest BCUT2D eigenvalue weighted by atomic mass is 19.3. The number of hydrogen-bond acceptors (Lipinski definition) is 4. The van der Waals surface area contributed by atoms with E-state index in [0.29, 0.717) is 0 Å². The fourth-order valence-corrected chi connectivity index (χ4v) is 1.44. The Morgan fingerprint density at radius 1 is 1.47 bits per heavy atom. The molecule has 2 N–H and O–H groups in total. The first-order valence-corrected chi connectivity index (χ1v) is 5.48. The molecule has 0 saturated heterocycles. The number of ether oxygens (including phenoxy) is 2. The summed E-state index contributed by atoms with van der Waals surface area (Å²) in [7, 11) is 1.31. The van der Waals surface area contributed by atoms with E-state index in [1.807, 2.05) is 0 Å². The summed E-state index contributed by atoms with van der Waals surface area (Å²) in [5.41, 5.74) is 4.78. The predicted octanol–water partition coefficient (Wildman–Crippen LogP) is 2.03. The van der Waals surface area contributed by atoms with Crippen molar-refractivity contribution in [1.82, 2.24) is 0 Å². The molecule has 0 saturated carbocycles. The van der Waals surface area contributed by atoms with Crippen molar-refractivity contribution in [3.8, 4) is 5.75 Å². The molecule has 0 spiro atoms. The first-order chi connectivity index (χ1) is 8.84. The first kappa shape index (κ1) is 15.3. The van der Waals surface area contributed by atoms with Crippen LogP contribution in [0.25, 0.3) is 0 Å². The maximum atomic E-state index is 13.6. The summed E-state index contributed by atoms with van der Waals surface area (Å²) >= 11 is 0. The highest BCUT2D eigenvalue weighted by Crippen LogP contribution is 2.33. The van der Waals surface area contributed by atoms with Crippen LogP contribution < -0.4 is 10.5 Å². The van der Waals surface area contributed by atoms with Gasteiger partial charge in [0.2, 0.25) is 0 Å². The molecule has 0 amide bonds. The standard InChI is InChI=1S/C12H14F3NO3/c1-3-19-11(17)12(14,15)10(16)8-5-4-7(18-2)6-9(8)13/h4-6,10H,3,16H2,1-2H3/t10-/m1/s1. The number of esters is 1. The van der Waals surface area contributed by atoms with Gasteiger partial charge in [0.05, 0.1) is 13.7 Å². The van der Waals surface area contributed by atoms with Crippen LogP contribution in [-0.4, -0.2) is 25.6 Å². The molecule has 106 valence electrons. The second-order valence-corrected chi connectivity index (χ2v) is 3.71. The van der Waals surface area contributed by atoms with Crippen LogP contribution in [-0.2, 0) is 9.53 Å². The van der Waals surface area contributed by atoms with E-state index in [1.54, 1.807) is 0 Å². The minimum absolute atomic E-state index is 0.160. The van der Waals surface area contributed by atoms with Crippen LogP contribution in [0.2, 0.25) is 0 Å². The molecule has 0 aromatic heterocycles. The van der Waals surface area contributed by atoms with Gasteiger partial charge in [-0.3, -0.25) is 0 Å². The Labute approximate surface area is 108 Å². The van der Waals surface area contributed by atoms with Crippen LogP contribution in [0.5, 0.6) is 5.75 Å². The van der Waals surface area contributed by atoms with Crippen LogP contribution in [0, 0.1) is 5.82 Å². The second-order valence-electron chi connectivity index (χ2n) is 3.71. The summed E-state index contributed by atoms with van der Waals surface area (Å²) in [6, 6.07) is 1.11. The van der Waals surface area contributed by atoms with Crippen molar-refractivity contribution >= 4 is 5.97 Å². The Balaban J connectivity index is 3.05. The lowest BCUT2D eigenvalue weighted by molar-refractivity contribution is -0.174. The van der Waals surface area contributed by atoms with Crippen LogP contribution in [0.4, 0.5) is 13.2 Å². The highest BCUT2D eigenvalue weighted by Gasteiger charge is 2.48. The Kier molecular flexibility index (Phi) is 4.77. The Morgan fingerprint density at radius 2 is 2.11 bits per heavy atom. The van der Waals surface area contributed by atoms with Crippen molar-refractivity contribution in [2.75, 3.05) is 13.7 Å². The molecular weight excluding hydrogens is 263 g/mol. The predicted molar refractivity (Wildman–Crippen MR) is 61.5 cm³/mol. The molecule has 19 heavy (non-hydrogen) atoms. The zero-order valence-corrected chi connectivity index (χ0v) is 10.5. The first-order valence-electron chi connectivity index (χ1n) is 5.48. The number of benzene rings is 1. The van der Waals surface area contributed by atoms with E-state index in [4.69, 9.17) is 10.5 Å². The van der Waals surface area contributed by atoms with Crippen molar-refractivity contribution in [2.45, 2.75) is 18.9 Å². The molecule has 7 heteroatoms. The fraction of sp³-hybridized carbons (Fsp3) is 0.417. The van der Waals surface area contributed by atoms with E-state index in [9.17, 15) is 18.0 Å². The van der Waals surface area contributed by atoms with Gasteiger partial charge in [0.1, 0.15) is 17.6 Å². The SMILES string of the molecule is CCOC(=O)C(F)(F)[C@H](N)c1ccc(OC)cc1F. The lowest BCUT2D eigenvalue weighted by Gasteiger charge is -2.22. The number of methoxy groups -OCH3 is 1. The van der Waals surface area contributed by atoms with Gasteiger partial charge in [-0.15, -0.1) is 0 Å². The van der Waals surface area contributed by atoms with E-state index < -0.39 is 29.3 Å². The minimum Gasteiger partial charge on any atom is -0.497 e. The van der Waals surface area contributed by atoms with E-state index in [0.717, 1.165) is 12.1 Å². The topological polar surface area (TPSA) is 61.5 Å². The van der Waals surface area contributed by atoms with Gasteiger partial charge in [-0.1, -0.05) is 6.07 Å². The molecule has 1 atom stereocenters.